The quantitative estimate of drug-likeness (QED) is 0.810. The van der Waals surface area contributed by atoms with E-state index in [0.717, 1.165) is 5.69 Å². The van der Waals surface area contributed by atoms with Crippen molar-refractivity contribution in [1.29, 1.82) is 0 Å². The third-order valence-corrected chi connectivity index (χ3v) is 3.44. The third-order valence-electron chi connectivity index (χ3n) is 3.44. The molecule has 1 amide bonds. The monoisotopic (exact) mass is 308 g/mol. The fourth-order valence-corrected chi connectivity index (χ4v) is 2.24. The number of anilines is 1. The van der Waals surface area contributed by atoms with Gasteiger partial charge in [0.15, 0.2) is 6.04 Å². The molecule has 0 bridgehead atoms. The van der Waals surface area contributed by atoms with E-state index in [9.17, 15) is 4.79 Å². The Morgan fingerprint density at radius 1 is 1.13 bits per heavy atom. The topological polar surface area (TPSA) is 66.6 Å². The molecule has 116 valence electrons. The molecule has 2 aromatic rings. The van der Waals surface area contributed by atoms with Gasteiger partial charge in [-0.05, 0) is 31.2 Å². The van der Waals surface area contributed by atoms with Gasteiger partial charge in [-0.25, -0.2) is 0 Å². The number of hydrogen-bond acceptors (Lipinski definition) is 5. The summed E-state index contributed by atoms with van der Waals surface area (Å²) in [5.74, 6) is 0.482. The van der Waals surface area contributed by atoms with Crippen LogP contribution in [0.3, 0.4) is 0 Å². The van der Waals surface area contributed by atoms with Gasteiger partial charge in [-0.15, -0.1) is 0 Å². The van der Waals surface area contributed by atoms with E-state index in [2.05, 4.69) is 15.3 Å². The van der Waals surface area contributed by atoms with E-state index >= 15 is 0 Å². The second kappa shape index (κ2) is 6.39. The molecule has 1 heterocycles. The molecule has 6 heteroatoms. The Bertz CT molecular complexity index is 771. The van der Waals surface area contributed by atoms with E-state index in [4.69, 9.17) is 4.74 Å². The summed E-state index contributed by atoms with van der Waals surface area (Å²) in [6, 6.07) is 15.8. The number of hydrazone groups is 1. The van der Waals surface area contributed by atoms with Crippen molar-refractivity contribution in [3.05, 3.63) is 54.6 Å². The first kappa shape index (κ1) is 14.9. The van der Waals surface area contributed by atoms with Crippen LogP contribution in [-0.4, -0.2) is 24.8 Å². The first-order valence-corrected chi connectivity index (χ1v) is 7.18. The van der Waals surface area contributed by atoms with Crippen LogP contribution in [0.4, 0.5) is 11.4 Å². The molecule has 3 rings (SSSR count). The summed E-state index contributed by atoms with van der Waals surface area (Å²) in [5.41, 5.74) is 1.96. The van der Waals surface area contributed by atoms with Crippen LogP contribution in [0.15, 0.2) is 69.9 Å². The molecule has 0 N–H and O–H groups in total. The van der Waals surface area contributed by atoms with Crippen LogP contribution in [-0.2, 0) is 4.79 Å². The zero-order valence-electron chi connectivity index (χ0n) is 12.9. The van der Waals surface area contributed by atoms with Crippen LogP contribution in [0.2, 0.25) is 0 Å². The number of amides is 1. The number of hydrogen-bond donors (Lipinski definition) is 0. The number of nitrogens with zero attached hydrogens (tertiary/aromatic N) is 4. The highest BCUT2D eigenvalue weighted by Crippen LogP contribution is 2.24. The van der Waals surface area contributed by atoms with Gasteiger partial charge in [0.05, 0.1) is 24.2 Å². The minimum atomic E-state index is -0.693. The van der Waals surface area contributed by atoms with E-state index in [-0.39, 0.29) is 5.91 Å². The lowest BCUT2D eigenvalue weighted by Gasteiger charge is -2.11. The van der Waals surface area contributed by atoms with Gasteiger partial charge >= 0.3 is 0 Å². The number of carbonyl (C=O) groups is 1. The number of para-hydroxylation sites is 1. The minimum absolute atomic E-state index is 0.208. The molecule has 0 aromatic heterocycles. The van der Waals surface area contributed by atoms with E-state index in [1.54, 1.807) is 26.2 Å². The Morgan fingerprint density at radius 3 is 2.65 bits per heavy atom. The Kier molecular flexibility index (Phi) is 4.14. The van der Waals surface area contributed by atoms with E-state index in [1.807, 2.05) is 42.5 Å². The van der Waals surface area contributed by atoms with Crippen molar-refractivity contribution in [2.75, 3.05) is 12.1 Å². The number of methoxy groups -OCH3 is 1. The first-order valence-electron chi connectivity index (χ1n) is 7.18. The van der Waals surface area contributed by atoms with Gasteiger partial charge in [0, 0.05) is 6.07 Å². The predicted molar refractivity (Wildman–Crippen MR) is 88.3 cm³/mol. The average Bonchev–Trinajstić information content (AvgIpc) is 2.88. The SMILES string of the molecule is COc1cccc(N=NC2C(=O)N(c3ccccc3)N=C2C)c1. The largest absolute Gasteiger partial charge is 0.497 e. The molecule has 1 unspecified atom stereocenters. The van der Waals surface area contributed by atoms with Crippen LogP contribution >= 0.6 is 0 Å². The fraction of sp³-hybridized carbons (Fsp3) is 0.176. The number of rotatable bonds is 4. The summed E-state index contributed by atoms with van der Waals surface area (Å²) in [6.45, 7) is 1.77. The summed E-state index contributed by atoms with van der Waals surface area (Å²) < 4.78 is 5.14. The summed E-state index contributed by atoms with van der Waals surface area (Å²) >= 11 is 0. The number of benzene rings is 2. The molecule has 6 nitrogen and oxygen atoms in total. The summed E-state index contributed by atoms with van der Waals surface area (Å²) in [7, 11) is 1.59. The highest BCUT2D eigenvalue weighted by Gasteiger charge is 2.34. The second-order valence-electron chi connectivity index (χ2n) is 5.05. The van der Waals surface area contributed by atoms with Crippen LogP contribution < -0.4 is 9.75 Å². The van der Waals surface area contributed by atoms with Crippen molar-refractivity contribution in [3.63, 3.8) is 0 Å². The number of ether oxygens (including phenoxy) is 1. The number of carbonyl (C=O) groups excluding carboxylic acids is 1. The molecule has 0 radical (unpaired) electrons. The van der Waals surface area contributed by atoms with Gasteiger partial charge < -0.3 is 4.74 Å². The van der Waals surface area contributed by atoms with Crippen molar-refractivity contribution in [2.24, 2.45) is 15.3 Å². The summed E-state index contributed by atoms with van der Waals surface area (Å²) in [5, 5.41) is 14.0. The van der Waals surface area contributed by atoms with Gasteiger partial charge in [0.25, 0.3) is 5.91 Å². The van der Waals surface area contributed by atoms with Gasteiger partial charge in [-0.1, -0.05) is 24.3 Å². The first-order chi connectivity index (χ1) is 11.2. The highest BCUT2D eigenvalue weighted by atomic mass is 16.5. The van der Waals surface area contributed by atoms with Crippen molar-refractivity contribution < 1.29 is 9.53 Å². The predicted octanol–water partition coefficient (Wildman–Crippen LogP) is 3.57. The molecule has 0 fully saturated rings. The second-order valence-corrected chi connectivity index (χ2v) is 5.05. The Hall–Kier alpha value is -3.02. The molecule has 1 aliphatic heterocycles. The van der Waals surface area contributed by atoms with Crippen molar-refractivity contribution in [2.45, 2.75) is 13.0 Å². The lowest BCUT2D eigenvalue weighted by atomic mass is 10.2. The Labute approximate surface area is 134 Å². The lowest BCUT2D eigenvalue weighted by Crippen LogP contribution is -2.29. The molecular formula is C17H16N4O2. The molecule has 2 aromatic carbocycles. The summed E-state index contributed by atoms with van der Waals surface area (Å²) in [4.78, 5) is 12.5. The molecule has 1 atom stereocenters. The van der Waals surface area contributed by atoms with E-state index in [1.165, 1.54) is 5.01 Å². The molecule has 0 saturated carbocycles. The average molecular weight is 308 g/mol. The fourth-order valence-electron chi connectivity index (χ4n) is 2.24. The van der Waals surface area contributed by atoms with Gasteiger partial charge in [0.1, 0.15) is 5.75 Å². The highest BCUT2D eigenvalue weighted by molar-refractivity contribution is 6.18. The maximum absolute atomic E-state index is 12.5. The molecule has 23 heavy (non-hydrogen) atoms. The van der Waals surface area contributed by atoms with Crippen LogP contribution in [0.25, 0.3) is 0 Å². The van der Waals surface area contributed by atoms with Crippen molar-refractivity contribution in [3.8, 4) is 5.75 Å². The standard InChI is InChI=1S/C17H16N4O2/c1-12-16(19-18-13-7-6-10-15(11-13)23-2)17(22)21(20-12)14-8-4-3-5-9-14/h3-11,16H,1-2H3. The van der Waals surface area contributed by atoms with Gasteiger partial charge in [-0.3, -0.25) is 4.79 Å². The normalized spacial score (nSPS) is 17.7. The minimum Gasteiger partial charge on any atom is -0.497 e. The maximum Gasteiger partial charge on any atom is 0.280 e. The van der Waals surface area contributed by atoms with Crippen LogP contribution in [0, 0.1) is 0 Å². The molecular weight excluding hydrogens is 292 g/mol. The van der Waals surface area contributed by atoms with Gasteiger partial charge in [0.2, 0.25) is 0 Å². The maximum atomic E-state index is 12.5. The zero-order chi connectivity index (χ0) is 16.2. The lowest BCUT2D eigenvalue weighted by molar-refractivity contribution is -0.117. The third kappa shape index (κ3) is 3.11. The van der Waals surface area contributed by atoms with E-state index in [0.29, 0.717) is 17.1 Å². The number of azo groups is 1. The van der Waals surface area contributed by atoms with Crippen molar-refractivity contribution >= 4 is 23.0 Å². The molecule has 0 saturated heterocycles. The van der Waals surface area contributed by atoms with Crippen molar-refractivity contribution in [1.82, 2.24) is 0 Å². The van der Waals surface area contributed by atoms with Crippen LogP contribution in [0.5, 0.6) is 5.75 Å². The smallest absolute Gasteiger partial charge is 0.280 e. The molecule has 0 spiro atoms. The Balaban J connectivity index is 1.80. The van der Waals surface area contributed by atoms with E-state index < -0.39 is 6.04 Å². The Morgan fingerprint density at radius 2 is 1.91 bits per heavy atom. The molecule has 1 aliphatic rings. The summed E-state index contributed by atoms with van der Waals surface area (Å²) in [6.07, 6.45) is 0. The zero-order valence-corrected chi connectivity index (χ0v) is 12.9. The van der Waals surface area contributed by atoms with Crippen LogP contribution in [0.1, 0.15) is 6.92 Å². The van der Waals surface area contributed by atoms with Gasteiger partial charge in [-0.2, -0.15) is 20.3 Å². The molecule has 0 aliphatic carbocycles.